The normalized spacial score (nSPS) is 21.9. The largest absolute Gasteiger partial charge is 0.294 e. The maximum atomic E-state index is 4.74. The van der Waals surface area contributed by atoms with E-state index < -0.39 is 0 Å². The standard InChI is InChI=1S/C18H36N2/c1-4-7-10-13-17-16-19-20(15-12-9-6-3)18(17)14-11-8-5-2/h16-18H,4-15H2,1-3H3. The molecule has 0 spiro atoms. The molecule has 0 fully saturated rings. The van der Waals surface area contributed by atoms with E-state index in [2.05, 4.69) is 32.0 Å². The lowest BCUT2D eigenvalue weighted by Gasteiger charge is -2.28. The highest BCUT2D eigenvalue weighted by Crippen LogP contribution is 2.27. The molecule has 0 bridgehead atoms. The number of hydrogen-bond acceptors (Lipinski definition) is 2. The Balaban J connectivity index is 2.40. The van der Waals surface area contributed by atoms with Crippen LogP contribution in [-0.2, 0) is 0 Å². The predicted octanol–water partition coefficient (Wildman–Crippen LogP) is 5.62. The van der Waals surface area contributed by atoms with Crippen LogP contribution < -0.4 is 0 Å². The van der Waals surface area contributed by atoms with E-state index in [1.807, 2.05) is 0 Å². The van der Waals surface area contributed by atoms with Gasteiger partial charge in [-0.15, -0.1) is 0 Å². The number of hydrazone groups is 1. The molecule has 0 radical (unpaired) electrons. The molecule has 0 aliphatic carbocycles. The zero-order valence-corrected chi connectivity index (χ0v) is 14.1. The second-order valence-electron chi connectivity index (χ2n) is 6.36. The minimum atomic E-state index is 0.704. The van der Waals surface area contributed by atoms with Crippen molar-refractivity contribution in [3.05, 3.63) is 0 Å². The zero-order chi connectivity index (χ0) is 14.6. The van der Waals surface area contributed by atoms with Crippen molar-refractivity contribution in [2.45, 2.75) is 97.4 Å². The molecule has 118 valence electrons. The van der Waals surface area contributed by atoms with Crippen LogP contribution in [0.3, 0.4) is 0 Å². The highest BCUT2D eigenvalue weighted by atomic mass is 15.5. The fraction of sp³-hybridized carbons (Fsp3) is 0.944. The molecule has 0 saturated heterocycles. The van der Waals surface area contributed by atoms with E-state index in [0.29, 0.717) is 6.04 Å². The molecule has 0 N–H and O–H groups in total. The van der Waals surface area contributed by atoms with E-state index in [0.717, 1.165) is 5.92 Å². The Morgan fingerprint density at radius 3 is 2.05 bits per heavy atom. The quantitative estimate of drug-likeness (QED) is 0.423. The predicted molar refractivity (Wildman–Crippen MR) is 90.3 cm³/mol. The molecule has 20 heavy (non-hydrogen) atoms. The Hall–Kier alpha value is -0.530. The summed E-state index contributed by atoms with van der Waals surface area (Å²) in [6.07, 6.45) is 17.1. The topological polar surface area (TPSA) is 15.6 Å². The average Bonchev–Trinajstić information content (AvgIpc) is 2.83. The molecule has 2 unspecified atom stereocenters. The summed E-state index contributed by atoms with van der Waals surface area (Å²) in [6, 6.07) is 0.704. The molecular weight excluding hydrogens is 244 g/mol. The van der Waals surface area contributed by atoms with Crippen molar-refractivity contribution in [2.75, 3.05) is 6.54 Å². The molecule has 0 aromatic rings. The van der Waals surface area contributed by atoms with Gasteiger partial charge in [0.1, 0.15) is 0 Å². The molecule has 2 heteroatoms. The smallest absolute Gasteiger partial charge is 0.0548 e. The Morgan fingerprint density at radius 1 is 0.800 bits per heavy atom. The van der Waals surface area contributed by atoms with E-state index in [4.69, 9.17) is 5.10 Å². The molecule has 1 heterocycles. The van der Waals surface area contributed by atoms with Crippen molar-refractivity contribution in [2.24, 2.45) is 11.0 Å². The molecule has 2 nitrogen and oxygen atoms in total. The highest BCUT2D eigenvalue weighted by Gasteiger charge is 2.29. The number of nitrogens with zero attached hydrogens (tertiary/aromatic N) is 2. The first-order valence-electron chi connectivity index (χ1n) is 9.14. The summed E-state index contributed by atoms with van der Waals surface area (Å²) in [5.74, 6) is 0.722. The van der Waals surface area contributed by atoms with Gasteiger partial charge in [0.15, 0.2) is 0 Å². The Bertz CT molecular complexity index is 230. The monoisotopic (exact) mass is 280 g/mol. The minimum absolute atomic E-state index is 0.704. The summed E-state index contributed by atoms with van der Waals surface area (Å²) < 4.78 is 0. The lowest BCUT2D eigenvalue weighted by atomic mass is 9.91. The summed E-state index contributed by atoms with van der Waals surface area (Å²) in [7, 11) is 0. The van der Waals surface area contributed by atoms with Crippen molar-refractivity contribution in [1.82, 2.24) is 5.01 Å². The summed E-state index contributed by atoms with van der Waals surface area (Å²) in [5, 5.41) is 7.15. The average molecular weight is 280 g/mol. The second-order valence-corrected chi connectivity index (χ2v) is 6.36. The van der Waals surface area contributed by atoms with Crippen LogP contribution in [0.1, 0.15) is 91.4 Å². The Morgan fingerprint density at radius 2 is 1.40 bits per heavy atom. The SMILES string of the molecule is CCCCCC1C=NN(CCCCC)C1CCCCC. The molecule has 0 amide bonds. The van der Waals surface area contributed by atoms with Gasteiger partial charge in [-0.05, 0) is 19.3 Å². The third-order valence-electron chi connectivity index (χ3n) is 4.52. The van der Waals surface area contributed by atoms with Crippen molar-refractivity contribution in [3.8, 4) is 0 Å². The fourth-order valence-electron chi connectivity index (χ4n) is 3.19. The molecule has 1 aliphatic heterocycles. The van der Waals surface area contributed by atoms with Gasteiger partial charge in [0.05, 0.1) is 6.04 Å². The summed E-state index contributed by atoms with van der Waals surface area (Å²) in [4.78, 5) is 0. The van der Waals surface area contributed by atoms with Crippen LogP contribution in [0, 0.1) is 5.92 Å². The molecule has 2 atom stereocenters. The van der Waals surface area contributed by atoms with Crippen LogP contribution in [0.15, 0.2) is 5.10 Å². The van der Waals surface area contributed by atoms with Gasteiger partial charge in [-0.2, -0.15) is 5.10 Å². The Kier molecular flexibility index (Phi) is 9.78. The van der Waals surface area contributed by atoms with Crippen LogP contribution in [-0.4, -0.2) is 23.8 Å². The third kappa shape index (κ3) is 6.28. The Labute approximate surface area is 127 Å². The van der Waals surface area contributed by atoms with E-state index in [1.165, 1.54) is 77.2 Å². The lowest BCUT2D eigenvalue weighted by Crippen LogP contribution is -2.33. The maximum absolute atomic E-state index is 4.74. The van der Waals surface area contributed by atoms with E-state index in [9.17, 15) is 0 Å². The number of rotatable bonds is 12. The van der Waals surface area contributed by atoms with Gasteiger partial charge in [-0.1, -0.05) is 72.1 Å². The molecule has 0 aromatic carbocycles. The molecule has 1 rings (SSSR count). The van der Waals surface area contributed by atoms with Crippen molar-refractivity contribution in [3.63, 3.8) is 0 Å². The van der Waals surface area contributed by atoms with Gasteiger partial charge in [0.25, 0.3) is 0 Å². The first-order valence-corrected chi connectivity index (χ1v) is 9.14. The van der Waals surface area contributed by atoms with Crippen LogP contribution in [0.4, 0.5) is 0 Å². The molecule has 0 saturated carbocycles. The van der Waals surface area contributed by atoms with E-state index in [1.54, 1.807) is 0 Å². The van der Waals surface area contributed by atoms with Crippen LogP contribution in [0.5, 0.6) is 0 Å². The molecular formula is C18H36N2. The molecule has 0 aromatic heterocycles. The van der Waals surface area contributed by atoms with Crippen LogP contribution >= 0.6 is 0 Å². The van der Waals surface area contributed by atoms with Gasteiger partial charge in [-0.25, -0.2) is 0 Å². The second kappa shape index (κ2) is 11.2. The number of unbranched alkanes of at least 4 members (excludes halogenated alkanes) is 6. The third-order valence-corrected chi connectivity index (χ3v) is 4.52. The first-order chi connectivity index (χ1) is 9.83. The first kappa shape index (κ1) is 17.5. The van der Waals surface area contributed by atoms with Gasteiger partial charge in [0.2, 0.25) is 0 Å². The summed E-state index contributed by atoms with van der Waals surface area (Å²) >= 11 is 0. The molecule has 1 aliphatic rings. The van der Waals surface area contributed by atoms with Crippen molar-refractivity contribution in [1.29, 1.82) is 0 Å². The van der Waals surface area contributed by atoms with Crippen LogP contribution in [0.25, 0.3) is 0 Å². The van der Waals surface area contributed by atoms with Crippen LogP contribution in [0.2, 0.25) is 0 Å². The highest BCUT2D eigenvalue weighted by molar-refractivity contribution is 5.63. The summed E-state index contributed by atoms with van der Waals surface area (Å²) in [6.45, 7) is 8.03. The fourth-order valence-corrected chi connectivity index (χ4v) is 3.19. The van der Waals surface area contributed by atoms with E-state index in [-0.39, 0.29) is 0 Å². The lowest BCUT2D eigenvalue weighted by molar-refractivity contribution is 0.178. The van der Waals surface area contributed by atoms with Crippen molar-refractivity contribution >= 4 is 6.21 Å². The van der Waals surface area contributed by atoms with E-state index >= 15 is 0 Å². The number of hydrogen-bond donors (Lipinski definition) is 0. The van der Waals surface area contributed by atoms with Crippen molar-refractivity contribution < 1.29 is 0 Å². The zero-order valence-electron chi connectivity index (χ0n) is 14.1. The summed E-state index contributed by atoms with van der Waals surface area (Å²) in [5.41, 5.74) is 0. The van der Waals surface area contributed by atoms with Gasteiger partial charge >= 0.3 is 0 Å². The minimum Gasteiger partial charge on any atom is -0.294 e. The van der Waals surface area contributed by atoms with Gasteiger partial charge in [0, 0.05) is 18.7 Å². The maximum Gasteiger partial charge on any atom is 0.0548 e. The van der Waals surface area contributed by atoms with Gasteiger partial charge in [-0.3, -0.25) is 5.01 Å². The van der Waals surface area contributed by atoms with Gasteiger partial charge < -0.3 is 0 Å².